The van der Waals surface area contributed by atoms with Crippen molar-refractivity contribution in [2.75, 3.05) is 40.4 Å². The molecule has 0 amide bonds. The highest BCUT2D eigenvalue weighted by molar-refractivity contribution is 7.89. The first-order valence-electron chi connectivity index (χ1n) is 12.6. The lowest BCUT2D eigenvalue weighted by atomic mass is 9.93. The standard InChI is InChI=1S/C25H39F3N2O5S/c1-4-34-24(31)19-29(2)17-7-5-6-8-18-35-22-13-11-21(12-14-22)30(3)36(32,33)23-15-9-20(10-16-23)25(26,27)28/h9-10,15-16,21-22H,4-8,11-14,17-19H2,1-3H3. The van der Waals surface area contributed by atoms with Gasteiger partial charge in [0.1, 0.15) is 0 Å². The first-order chi connectivity index (χ1) is 16.9. The van der Waals surface area contributed by atoms with Gasteiger partial charge in [-0.2, -0.15) is 17.5 Å². The average molecular weight is 537 g/mol. The maximum absolute atomic E-state index is 12.9. The number of sulfonamides is 1. The number of esters is 1. The minimum absolute atomic E-state index is 0.0964. The van der Waals surface area contributed by atoms with Gasteiger partial charge in [0.15, 0.2) is 0 Å². The quantitative estimate of drug-likeness (QED) is 0.253. The molecule has 1 aliphatic rings. The van der Waals surface area contributed by atoms with Gasteiger partial charge in [-0.15, -0.1) is 0 Å². The normalized spacial score (nSPS) is 19.1. The predicted octanol–water partition coefficient (Wildman–Crippen LogP) is 4.71. The summed E-state index contributed by atoms with van der Waals surface area (Å²) in [5.74, 6) is -0.202. The van der Waals surface area contributed by atoms with Gasteiger partial charge in [-0.1, -0.05) is 12.8 Å². The van der Waals surface area contributed by atoms with Gasteiger partial charge in [0.05, 0.1) is 29.7 Å². The van der Waals surface area contributed by atoms with Crippen LogP contribution in [0.3, 0.4) is 0 Å². The van der Waals surface area contributed by atoms with Crippen molar-refractivity contribution in [2.45, 2.75) is 81.5 Å². The smallest absolute Gasteiger partial charge is 0.416 e. The Morgan fingerprint density at radius 2 is 1.61 bits per heavy atom. The topological polar surface area (TPSA) is 76.2 Å². The van der Waals surface area contributed by atoms with E-state index in [2.05, 4.69) is 0 Å². The van der Waals surface area contributed by atoms with E-state index in [-0.39, 0.29) is 23.0 Å². The van der Waals surface area contributed by atoms with Gasteiger partial charge in [0.2, 0.25) is 10.0 Å². The van der Waals surface area contributed by atoms with E-state index in [1.807, 2.05) is 11.9 Å². The van der Waals surface area contributed by atoms with Crippen LogP contribution in [0.2, 0.25) is 0 Å². The summed E-state index contributed by atoms with van der Waals surface area (Å²) in [6.45, 7) is 4.00. The summed E-state index contributed by atoms with van der Waals surface area (Å²) in [4.78, 5) is 13.3. The molecule has 11 heteroatoms. The minimum atomic E-state index is -4.51. The maximum atomic E-state index is 12.9. The van der Waals surface area contributed by atoms with Gasteiger partial charge < -0.3 is 9.47 Å². The van der Waals surface area contributed by atoms with Crippen molar-refractivity contribution in [3.63, 3.8) is 0 Å². The lowest BCUT2D eigenvalue weighted by Crippen LogP contribution is -2.40. The molecule has 7 nitrogen and oxygen atoms in total. The number of benzene rings is 1. The van der Waals surface area contributed by atoms with E-state index in [9.17, 15) is 26.4 Å². The van der Waals surface area contributed by atoms with Crippen LogP contribution in [0.4, 0.5) is 13.2 Å². The third kappa shape index (κ3) is 9.64. The second kappa shape index (κ2) is 14.3. The molecule has 1 aliphatic carbocycles. The van der Waals surface area contributed by atoms with Crippen LogP contribution in [0.25, 0.3) is 0 Å². The van der Waals surface area contributed by atoms with Crippen molar-refractivity contribution in [1.82, 2.24) is 9.21 Å². The van der Waals surface area contributed by atoms with Crippen LogP contribution in [0, 0.1) is 0 Å². The maximum Gasteiger partial charge on any atom is 0.416 e. The second-order valence-corrected chi connectivity index (χ2v) is 11.3. The summed E-state index contributed by atoms with van der Waals surface area (Å²) in [5, 5.41) is 0. The number of nitrogens with zero attached hydrogens (tertiary/aromatic N) is 2. The molecule has 0 spiro atoms. The molecule has 1 saturated carbocycles. The molecule has 206 valence electrons. The van der Waals surface area contributed by atoms with E-state index in [0.717, 1.165) is 69.3 Å². The minimum Gasteiger partial charge on any atom is -0.465 e. The Hall–Kier alpha value is -1.69. The fraction of sp³-hybridized carbons (Fsp3) is 0.720. The summed E-state index contributed by atoms with van der Waals surface area (Å²) in [5.41, 5.74) is -0.872. The van der Waals surface area contributed by atoms with Crippen LogP contribution in [0.15, 0.2) is 29.2 Å². The molecule has 0 bridgehead atoms. The Bertz CT molecular complexity index is 901. The number of likely N-dealkylation sites (N-methyl/N-ethyl adjacent to an activating group) is 1. The van der Waals surface area contributed by atoms with E-state index in [1.165, 1.54) is 11.4 Å². The molecular formula is C25H39F3N2O5S. The zero-order valence-electron chi connectivity index (χ0n) is 21.4. The molecule has 0 heterocycles. The first kappa shape index (κ1) is 30.5. The Morgan fingerprint density at radius 3 is 2.19 bits per heavy atom. The van der Waals surface area contributed by atoms with Crippen molar-refractivity contribution < 1.29 is 35.9 Å². The van der Waals surface area contributed by atoms with E-state index in [1.54, 1.807) is 6.92 Å². The van der Waals surface area contributed by atoms with Crippen LogP contribution in [-0.2, 0) is 30.5 Å². The van der Waals surface area contributed by atoms with Gasteiger partial charge in [0.25, 0.3) is 0 Å². The highest BCUT2D eigenvalue weighted by Gasteiger charge is 2.34. The van der Waals surface area contributed by atoms with Crippen LogP contribution in [0.1, 0.15) is 63.9 Å². The average Bonchev–Trinajstić information content (AvgIpc) is 2.83. The number of ether oxygens (including phenoxy) is 2. The molecule has 1 aromatic rings. The number of rotatable bonds is 14. The number of hydrogen-bond acceptors (Lipinski definition) is 6. The van der Waals surface area contributed by atoms with Gasteiger partial charge >= 0.3 is 12.1 Å². The number of carbonyl (C=O) groups is 1. The summed E-state index contributed by atoms with van der Waals surface area (Å²) in [7, 11) is -0.474. The van der Waals surface area contributed by atoms with Crippen molar-refractivity contribution in [3.05, 3.63) is 29.8 Å². The summed E-state index contributed by atoms with van der Waals surface area (Å²) in [6.07, 6.45) is 2.42. The molecule has 0 aliphatic heterocycles. The second-order valence-electron chi connectivity index (χ2n) is 9.30. The molecule has 0 aromatic heterocycles. The molecule has 0 saturated heterocycles. The molecule has 36 heavy (non-hydrogen) atoms. The first-order valence-corrected chi connectivity index (χ1v) is 14.0. The summed E-state index contributed by atoms with van der Waals surface area (Å²) >= 11 is 0. The number of alkyl halides is 3. The third-order valence-electron chi connectivity index (χ3n) is 6.51. The largest absolute Gasteiger partial charge is 0.465 e. The number of hydrogen-bond donors (Lipinski definition) is 0. The van der Waals surface area contributed by atoms with Gasteiger partial charge in [-0.3, -0.25) is 9.69 Å². The Kier molecular flexibility index (Phi) is 12.1. The number of carbonyl (C=O) groups excluding carboxylic acids is 1. The molecule has 0 atom stereocenters. The van der Waals surface area contributed by atoms with Gasteiger partial charge in [-0.25, -0.2) is 8.42 Å². The van der Waals surface area contributed by atoms with Gasteiger partial charge in [-0.05, 0) is 83.3 Å². The zero-order chi connectivity index (χ0) is 26.8. The molecule has 0 radical (unpaired) electrons. The van der Waals surface area contributed by atoms with Crippen molar-refractivity contribution in [2.24, 2.45) is 0 Å². The van der Waals surface area contributed by atoms with Crippen LogP contribution < -0.4 is 0 Å². The highest BCUT2D eigenvalue weighted by atomic mass is 32.2. The molecular weight excluding hydrogens is 497 g/mol. The van der Waals surface area contributed by atoms with Crippen LogP contribution >= 0.6 is 0 Å². The Labute approximate surface area is 213 Å². The molecule has 1 aromatic carbocycles. The third-order valence-corrected chi connectivity index (χ3v) is 8.43. The highest BCUT2D eigenvalue weighted by Crippen LogP contribution is 2.32. The number of unbranched alkanes of at least 4 members (excludes halogenated alkanes) is 3. The predicted molar refractivity (Wildman–Crippen MR) is 131 cm³/mol. The lowest BCUT2D eigenvalue weighted by molar-refractivity contribution is -0.144. The molecule has 0 unspecified atom stereocenters. The van der Waals surface area contributed by atoms with Gasteiger partial charge in [0, 0.05) is 19.7 Å². The zero-order valence-corrected chi connectivity index (χ0v) is 22.2. The summed E-state index contributed by atoms with van der Waals surface area (Å²) in [6, 6.07) is 3.42. The van der Waals surface area contributed by atoms with E-state index >= 15 is 0 Å². The van der Waals surface area contributed by atoms with Crippen molar-refractivity contribution in [3.8, 4) is 0 Å². The Morgan fingerprint density at radius 1 is 1.00 bits per heavy atom. The fourth-order valence-corrected chi connectivity index (χ4v) is 5.76. The van der Waals surface area contributed by atoms with E-state index < -0.39 is 21.8 Å². The van der Waals surface area contributed by atoms with Crippen LogP contribution in [-0.4, -0.2) is 76.1 Å². The van der Waals surface area contributed by atoms with E-state index in [0.29, 0.717) is 32.6 Å². The molecule has 0 N–H and O–H groups in total. The Balaban J connectivity index is 1.64. The van der Waals surface area contributed by atoms with Crippen molar-refractivity contribution in [1.29, 1.82) is 0 Å². The summed E-state index contributed by atoms with van der Waals surface area (Å²) < 4.78 is 76.3. The molecule has 1 fully saturated rings. The van der Waals surface area contributed by atoms with E-state index in [4.69, 9.17) is 9.47 Å². The van der Waals surface area contributed by atoms with Crippen molar-refractivity contribution >= 4 is 16.0 Å². The monoisotopic (exact) mass is 536 g/mol. The lowest BCUT2D eigenvalue weighted by Gasteiger charge is -2.34. The molecule has 2 rings (SSSR count). The fourth-order valence-electron chi connectivity index (χ4n) is 4.35. The SMILES string of the molecule is CCOC(=O)CN(C)CCCCCCOC1CCC(N(C)S(=O)(=O)c2ccc(C(F)(F)F)cc2)CC1. The van der Waals surface area contributed by atoms with Crippen LogP contribution in [0.5, 0.6) is 0 Å². The number of halogens is 3.